The molecule has 1 aliphatic heterocycles. The Hall–Kier alpha value is -1.33. The summed E-state index contributed by atoms with van der Waals surface area (Å²) in [6.45, 7) is 2.27. The molecule has 2 heteroatoms. The third-order valence-electron chi connectivity index (χ3n) is 4.02. The Kier molecular flexibility index (Phi) is 2.64. The smallest absolute Gasteiger partial charge is 0.123 e. The van der Waals surface area contributed by atoms with E-state index in [0.29, 0.717) is 11.3 Å². The van der Waals surface area contributed by atoms with Crippen LogP contribution in [0.4, 0.5) is 4.39 Å². The third kappa shape index (κ3) is 2.21. The van der Waals surface area contributed by atoms with Crippen LogP contribution in [0, 0.1) is 29.0 Å². The number of piperidine rings is 1. The molecule has 1 spiro atoms. The van der Waals surface area contributed by atoms with E-state index in [1.165, 1.54) is 31.4 Å². The molecule has 1 atom stereocenters. The second kappa shape index (κ2) is 4.16. The van der Waals surface area contributed by atoms with Gasteiger partial charge in [-0.3, -0.25) is 0 Å². The minimum absolute atomic E-state index is 0.197. The van der Waals surface area contributed by atoms with Gasteiger partial charge >= 0.3 is 0 Å². The summed E-state index contributed by atoms with van der Waals surface area (Å²) in [4.78, 5) is 0. The van der Waals surface area contributed by atoms with Crippen LogP contribution in [0.3, 0.4) is 0 Å². The van der Waals surface area contributed by atoms with Gasteiger partial charge in [-0.1, -0.05) is 11.8 Å². The summed E-state index contributed by atoms with van der Waals surface area (Å²) in [5.74, 6) is 6.89. The lowest BCUT2D eigenvalue weighted by Crippen LogP contribution is -2.29. The maximum Gasteiger partial charge on any atom is 0.123 e. The zero-order valence-corrected chi connectivity index (χ0v) is 9.80. The van der Waals surface area contributed by atoms with Gasteiger partial charge in [0.2, 0.25) is 0 Å². The van der Waals surface area contributed by atoms with Crippen molar-refractivity contribution in [3.8, 4) is 11.8 Å². The van der Waals surface area contributed by atoms with Gasteiger partial charge in [-0.15, -0.1) is 0 Å². The fourth-order valence-electron chi connectivity index (χ4n) is 2.73. The van der Waals surface area contributed by atoms with Gasteiger partial charge < -0.3 is 5.32 Å². The predicted octanol–water partition coefficient (Wildman–Crippen LogP) is 2.57. The molecule has 1 aromatic carbocycles. The number of hydrogen-bond donors (Lipinski definition) is 1. The van der Waals surface area contributed by atoms with Crippen molar-refractivity contribution in [2.75, 3.05) is 13.1 Å². The van der Waals surface area contributed by atoms with E-state index >= 15 is 0 Å². The Morgan fingerprint density at radius 2 is 1.88 bits per heavy atom. The molecule has 88 valence electrons. The number of rotatable bonds is 0. The maximum absolute atomic E-state index is 12.7. The van der Waals surface area contributed by atoms with Crippen LogP contribution in [0.25, 0.3) is 0 Å². The van der Waals surface area contributed by atoms with Crippen LogP contribution in [-0.4, -0.2) is 13.1 Å². The highest BCUT2D eigenvalue weighted by Crippen LogP contribution is 2.58. The van der Waals surface area contributed by atoms with Crippen molar-refractivity contribution in [1.29, 1.82) is 0 Å². The Labute approximate surface area is 101 Å². The molecule has 3 rings (SSSR count). The van der Waals surface area contributed by atoms with E-state index in [9.17, 15) is 4.39 Å². The van der Waals surface area contributed by atoms with Gasteiger partial charge in [-0.2, -0.15) is 0 Å². The van der Waals surface area contributed by atoms with Gasteiger partial charge in [0.05, 0.1) is 0 Å². The molecule has 1 unspecified atom stereocenters. The van der Waals surface area contributed by atoms with Crippen molar-refractivity contribution in [3.63, 3.8) is 0 Å². The predicted molar refractivity (Wildman–Crippen MR) is 65.9 cm³/mol. The van der Waals surface area contributed by atoms with E-state index in [4.69, 9.17) is 0 Å². The molecular weight excluding hydrogens is 213 g/mol. The number of nitrogens with one attached hydrogen (secondary N) is 1. The molecule has 1 saturated heterocycles. The summed E-state index contributed by atoms with van der Waals surface area (Å²) >= 11 is 0. The van der Waals surface area contributed by atoms with Crippen LogP contribution in [0.1, 0.15) is 24.8 Å². The molecule has 1 heterocycles. The lowest BCUT2D eigenvalue weighted by Gasteiger charge is -2.22. The second-order valence-corrected chi connectivity index (χ2v) is 5.15. The first-order valence-electron chi connectivity index (χ1n) is 6.26. The average Bonchev–Trinajstić information content (AvgIpc) is 3.02. The fraction of sp³-hybridized carbons (Fsp3) is 0.467. The molecule has 0 radical (unpaired) electrons. The number of benzene rings is 1. The van der Waals surface area contributed by atoms with Gasteiger partial charge in [0.15, 0.2) is 0 Å². The van der Waals surface area contributed by atoms with E-state index in [1.54, 1.807) is 12.1 Å². The molecule has 2 aliphatic rings. The summed E-state index contributed by atoms with van der Waals surface area (Å²) in [5.41, 5.74) is 1.43. The third-order valence-corrected chi connectivity index (χ3v) is 4.02. The normalized spacial score (nSPS) is 25.1. The molecule has 0 amide bonds. The van der Waals surface area contributed by atoms with Crippen molar-refractivity contribution < 1.29 is 4.39 Å². The zero-order chi connectivity index (χ0) is 11.7. The molecular formula is C15H16FN. The molecule has 1 aliphatic carbocycles. The highest BCUT2D eigenvalue weighted by molar-refractivity contribution is 5.36. The quantitative estimate of drug-likeness (QED) is 0.674. The van der Waals surface area contributed by atoms with Crippen molar-refractivity contribution in [1.82, 2.24) is 5.32 Å². The first-order chi connectivity index (χ1) is 8.28. The SMILES string of the molecule is Fc1ccc(C#CC2CC23CCNCC3)cc1. The van der Waals surface area contributed by atoms with Crippen LogP contribution in [0.2, 0.25) is 0 Å². The fourth-order valence-corrected chi connectivity index (χ4v) is 2.73. The molecule has 1 nitrogen and oxygen atoms in total. The summed E-state index contributed by atoms with van der Waals surface area (Å²) < 4.78 is 12.7. The maximum atomic E-state index is 12.7. The van der Waals surface area contributed by atoms with Crippen molar-refractivity contribution in [2.24, 2.45) is 11.3 Å². The molecule has 1 N–H and O–H groups in total. The van der Waals surface area contributed by atoms with E-state index < -0.39 is 0 Å². The van der Waals surface area contributed by atoms with Crippen LogP contribution < -0.4 is 5.32 Å². The van der Waals surface area contributed by atoms with E-state index in [0.717, 1.165) is 18.7 Å². The van der Waals surface area contributed by atoms with Crippen LogP contribution in [0.5, 0.6) is 0 Å². The van der Waals surface area contributed by atoms with Crippen molar-refractivity contribution >= 4 is 0 Å². The van der Waals surface area contributed by atoms with Gasteiger partial charge in [0.25, 0.3) is 0 Å². The summed E-state index contributed by atoms with van der Waals surface area (Å²) in [6, 6.07) is 6.44. The van der Waals surface area contributed by atoms with E-state index in [2.05, 4.69) is 17.2 Å². The monoisotopic (exact) mass is 229 g/mol. The Morgan fingerprint density at radius 1 is 1.18 bits per heavy atom. The van der Waals surface area contributed by atoms with Gasteiger partial charge in [0.1, 0.15) is 5.82 Å². The Morgan fingerprint density at radius 3 is 2.59 bits per heavy atom. The minimum atomic E-state index is -0.197. The van der Waals surface area contributed by atoms with E-state index in [-0.39, 0.29) is 5.82 Å². The molecule has 2 fully saturated rings. The van der Waals surface area contributed by atoms with Crippen LogP contribution in [0.15, 0.2) is 24.3 Å². The molecule has 1 aromatic rings. The molecule has 1 saturated carbocycles. The summed E-state index contributed by atoms with van der Waals surface area (Å²) in [7, 11) is 0. The topological polar surface area (TPSA) is 12.0 Å². The van der Waals surface area contributed by atoms with Gasteiger partial charge in [-0.25, -0.2) is 4.39 Å². The highest BCUT2D eigenvalue weighted by Gasteiger charge is 2.52. The average molecular weight is 229 g/mol. The zero-order valence-electron chi connectivity index (χ0n) is 9.80. The standard InChI is InChI=1S/C15H16FN/c16-14-5-2-12(3-6-14)1-4-13-11-15(13)7-9-17-10-8-15/h2-3,5-6,13,17H,7-11H2. The first kappa shape index (κ1) is 10.8. The van der Waals surface area contributed by atoms with Gasteiger partial charge in [0, 0.05) is 11.5 Å². The van der Waals surface area contributed by atoms with Crippen molar-refractivity contribution in [2.45, 2.75) is 19.3 Å². The number of halogens is 1. The number of hydrogen-bond acceptors (Lipinski definition) is 1. The van der Waals surface area contributed by atoms with Gasteiger partial charge in [-0.05, 0) is 62.0 Å². The van der Waals surface area contributed by atoms with E-state index in [1.807, 2.05) is 0 Å². The van der Waals surface area contributed by atoms with Crippen LogP contribution in [-0.2, 0) is 0 Å². The lowest BCUT2D eigenvalue weighted by atomic mass is 9.92. The second-order valence-electron chi connectivity index (χ2n) is 5.15. The Balaban J connectivity index is 1.67. The molecule has 17 heavy (non-hydrogen) atoms. The summed E-state index contributed by atoms with van der Waals surface area (Å²) in [5, 5.41) is 3.39. The minimum Gasteiger partial charge on any atom is -0.317 e. The lowest BCUT2D eigenvalue weighted by molar-refractivity contribution is 0.339. The highest BCUT2D eigenvalue weighted by atomic mass is 19.1. The Bertz CT molecular complexity index is 460. The molecule has 0 aromatic heterocycles. The largest absolute Gasteiger partial charge is 0.317 e. The van der Waals surface area contributed by atoms with Crippen LogP contribution >= 0.6 is 0 Å². The van der Waals surface area contributed by atoms with Crippen molar-refractivity contribution in [3.05, 3.63) is 35.6 Å². The summed E-state index contributed by atoms with van der Waals surface area (Å²) in [6.07, 6.45) is 3.77. The first-order valence-corrected chi connectivity index (χ1v) is 6.26. The molecule has 0 bridgehead atoms.